The number of hydrogen-bond donors (Lipinski definition) is 3. The van der Waals surface area contributed by atoms with Crippen LogP contribution in [-0.2, 0) is 9.53 Å². The van der Waals surface area contributed by atoms with Gasteiger partial charge in [-0.1, -0.05) is 6.92 Å². The summed E-state index contributed by atoms with van der Waals surface area (Å²) in [5, 5.41) is 9.24. The van der Waals surface area contributed by atoms with Gasteiger partial charge in [0.05, 0.1) is 19.8 Å². The molecule has 134 valence electrons. The van der Waals surface area contributed by atoms with Crippen LogP contribution in [-0.4, -0.2) is 75.3 Å². The Balaban J connectivity index is 2.23. The van der Waals surface area contributed by atoms with Crippen molar-refractivity contribution in [2.45, 2.75) is 33.2 Å². The molecule has 1 unspecified atom stereocenters. The van der Waals surface area contributed by atoms with Crippen LogP contribution in [0.3, 0.4) is 0 Å². The highest BCUT2D eigenvalue weighted by Crippen LogP contribution is 2.02. The fourth-order valence-corrected chi connectivity index (χ4v) is 2.41. The van der Waals surface area contributed by atoms with Crippen molar-refractivity contribution in [3.05, 3.63) is 0 Å². The fraction of sp³-hybridized carbons (Fsp3) is 0.875. The van der Waals surface area contributed by atoms with Crippen LogP contribution in [0.4, 0.5) is 0 Å². The van der Waals surface area contributed by atoms with E-state index in [1.807, 2.05) is 20.8 Å². The summed E-state index contributed by atoms with van der Waals surface area (Å²) in [6, 6.07) is 0. The Morgan fingerprint density at radius 3 is 2.48 bits per heavy atom. The third kappa shape index (κ3) is 9.40. The molecule has 1 fully saturated rings. The molecule has 0 aromatic carbocycles. The normalized spacial score (nSPS) is 18.4. The number of hydrogen-bond acceptors (Lipinski definition) is 4. The zero-order valence-electron chi connectivity index (χ0n) is 15.2. The zero-order chi connectivity index (χ0) is 17.3. The molecular formula is C16H33N5O2. The minimum atomic E-state index is -0.220. The van der Waals surface area contributed by atoms with Gasteiger partial charge < -0.3 is 20.7 Å². The molecule has 0 aliphatic carbocycles. The molecule has 23 heavy (non-hydrogen) atoms. The van der Waals surface area contributed by atoms with Gasteiger partial charge >= 0.3 is 0 Å². The fourth-order valence-electron chi connectivity index (χ4n) is 2.41. The number of carbonyl (C=O) groups is 1. The molecule has 1 heterocycles. The summed E-state index contributed by atoms with van der Waals surface area (Å²) in [5.41, 5.74) is -0.220. The number of carbonyl (C=O) groups excluding carboxylic acids is 1. The van der Waals surface area contributed by atoms with Crippen LogP contribution < -0.4 is 16.0 Å². The van der Waals surface area contributed by atoms with Crippen LogP contribution >= 0.6 is 0 Å². The smallest absolute Gasteiger partial charge is 0.239 e. The Morgan fingerprint density at radius 1 is 1.26 bits per heavy atom. The van der Waals surface area contributed by atoms with Gasteiger partial charge in [-0.05, 0) is 26.7 Å². The Kier molecular flexibility index (Phi) is 8.33. The topological polar surface area (TPSA) is 78.0 Å². The summed E-state index contributed by atoms with van der Waals surface area (Å²) >= 11 is 0. The van der Waals surface area contributed by atoms with Crippen molar-refractivity contribution in [2.24, 2.45) is 10.9 Å². The van der Waals surface area contributed by atoms with Gasteiger partial charge in [0.15, 0.2) is 5.96 Å². The maximum atomic E-state index is 11.8. The van der Waals surface area contributed by atoms with Crippen molar-refractivity contribution >= 4 is 11.9 Å². The van der Waals surface area contributed by atoms with Crippen molar-refractivity contribution in [1.82, 2.24) is 20.9 Å². The van der Waals surface area contributed by atoms with Gasteiger partial charge in [-0.25, -0.2) is 0 Å². The van der Waals surface area contributed by atoms with Gasteiger partial charge in [-0.3, -0.25) is 14.7 Å². The molecule has 1 atom stereocenters. The van der Waals surface area contributed by atoms with E-state index in [0.29, 0.717) is 11.9 Å². The molecule has 0 bridgehead atoms. The summed E-state index contributed by atoms with van der Waals surface area (Å²) < 4.78 is 5.36. The van der Waals surface area contributed by atoms with Crippen molar-refractivity contribution in [3.63, 3.8) is 0 Å². The molecule has 1 saturated heterocycles. The standard InChI is InChI=1S/C16H33N5O2/c1-13(12-21-6-8-23-9-7-21)10-18-15(17-5)19-11-14(22)20-16(2,3)4/h13H,6-12H2,1-5H3,(H,20,22)(H2,17,18,19). The number of nitrogens with one attached hydrogen (secondary N) is 3. The first-order valence-electron chi connectivity index (χ1n) is 8.36. The van der Waals surface area contributed by atoms with E-state index in [-0.39, 0.29) is 18.0 Å². The summed E-state index contributed by atoms with van der Waals surface area (Å²) in [5.74, 6) is 1.11. The van der Waals surface area contributed by atoms with Crippen molar-refractivity contribution < 1.29 is 9.53 Å². The van der Waals surface area contributed by atoms with Crippen LogP contribution in [0.15, 0.2) is 4.99 Å². The number of morpholine rings is 1. The molecule has 1 aliphatic rings. The Bertz CT molecular complexity index is 386. The maximum Gasteiger partial charge on any atom is 0.239 e. The first-order valence-corrected chi connectivity index (χ1v) is 8.36. The van der Waals surface area contributed by atoms with Crippen molar-refractivity contribution in [2.75, 3.05) is 53.0 Å². The molecule has 3 N–H and O–H groups in total. The second-order valence-corrected chi connectivity index (χ2v) is 7.12. The molecule has 0 aromatic rings. The van der Waals surface area contributed by atoms with E-state index in [4.69, 9.17) is 4.74 Å². The lowest BCUT2D eigenvalue weighted by Gasteiger charge is -2.29. The lowest BCUT2D eigenvalue weighted by molar-refractivity contribution is -0.121. The van der Waals surface area contributed by atoms with Crippen LogP contribution in [0.25, 0.3) is 0 Å². The summed E-state index contributed by atoms with van der Waals surface area (Å²) in [6.07, 6.45) is 0. The molecule has 0 saturated carbocycles. The predicted octanol–water partition coefficient (Wildman–Crippen LogP) is 0.0344. The van der Waals surface area contributed by atoms with Crippen molar-refractivity contribution in [1.29, 1.82) is 0 Å². The van der Waals surface area contributed by atoms with Gasteiger partial charge in [-0.2, -0.15) is 0 Å². The van der Waals surface area contributed by atoms with Crippen LogP contribution in [0.1, 0.15) is 27.7 Å². The van der Waals surface area contributed by atoms with Gasteiger partial charge in [0, 0.05) is 38.8 Å². The lowest BCUT2D eigenvalue weighted by atomic mass is 10.1. The maximum absolute atomic E-state index is 11.8. The second-order valence-electron chi connectivity index (χ2n) is 7.12. The molecule has 0 aromatic heterocycles. The van der Waals surface area contributed by atoms with Crippen LogP contribution in [0, 0.1) is 5.92 Å². The first-order chi connectivity index (χ1) is 10.8. The van der Waals surface area contributed by atoms with Crippen LogP contribution in [0.5, 0.6) is 0 Å². The number of rotatable bonds is 6. The summed E-state index contributed by atoms with van der Waals surface area (Å²) in [4.78, 5) is 18.4. The number of ether oxygens (including phenoxy) is 1. The third-order valence-corrected chi connectivity index (χ3v) is 3.45. The predicted molar refractivity (Wildman–Crippen MR) is 93.7 cm³/mol. The molecule has 7 heteroatoms. The lowest BCUT2D eigenvalue weighted by Crippen LogP contribution is -2.49. The van der Waals surface area contributed by atoms with Gasteiger partial charge in [0.2, 0.25) is 5.91 Å². The van der Waals surface area contributed by atoms with Gasteiger partial charge in [0.1, 0.15) is 0 Å². The Labute approximate surface area is 140 Å². The number of amides is 1. The van der Waals surface area contributed by atoms with Crippen molar-refractivity contribution in [3.8, 4) is 0 Å². The molecule has 1 amide bonds. The number of nitrogens with zero attached hydrogens (tertiary/aromatic N) is 2. The van der Waals surface area contributed by atoms with E-state index >= 15 is 0 Å². The molecule has 7 nitrogen and oxygen atoms in total. The quantitative estimate of drug-likeness (QED) is 0.474. The summed E-state index contributed by atoms with van der Waals surface area (Å²) in [6.45, 7) is 13.8. The van der Waals surface area contributed by atoms with Gasteiger partial charge in [0.25, 0.3) is 0 Å². The molecular weight excluding hydrogens is 294 g/mol. The minimum Gasteiger partial charge on any atom is -0.379 e. The largest absolute Gasteiger partial charge is 0.379 e. The first kappa shape index (κ1) is 19.7. The number of guanidine groups is 1. The Morgan fingerprint density at radius 2 is 1.91 bits per heavy atom. The summed E-state index contributed by atoms with van der Waals surface area (Å²) in [7, 11) is 1.71. The zero-order valence-corrected chi connectivity index (χ0v) is 15.2. The minimum absolute atomic E-state index is 0.0400. The van der Waals surface area contributed by atoms with E-state index in [1.54, 1.807) is 7.05 Å². The van der Waals surface area contributed by atoms with E-state index in [9.17, 15) is 4.79 Å². The van der Waals surface area contributed by atoms with E-state index < -0.39 is 0 Å². The second kappa shape index (κ2) is 9.72. The Hall–Kier alpha value is -1.34. The molecule has 0 radical (unpaired) electrons. The van der Waals surface area contributed by atoms with Crippen LogP contribution in [0.2, 0.25) is 0 Å². The van der Waals surface area contributed by atoms with Gasteiger partial charge in [-0.15, -0.1) is 0 Å². The number of aliphatic imine (C=N–C) groups is 1. The highest BCUT2D eigenvalue weighted by molar-refractivity contribution is 5.86. The average Bonchev–Trinajstić information content (AvgIpc) is 2.46. The SMILES string of the molecule is CN=C(NCC(=O)NC(C)(C)C)NCC(C)CN1CCOCC1. The molecule has 1 rings (SSSR count). The monoisotopic (exact) mass is 327 g/mol. The van der Waals surface area contributed by atoms with E-state index in [2.05, 4.69) is 32.8 Å². The molecule has 0 spiro atoms. The van der Waals surface area contributed by atoms with E-state index in [1.165, 1.54) is 0 Å². The van der Waals surface area contributed by atoms with E-state index in [0.717, 1.165) is 39.4 Å². The average molecular weight is 327 g/mol. The molecule has 1 aliphatic heterocycles. The third-order valence-electron chi connectivity index (χ3n) is 3.45. The highest BCUT2D eigenvalue weighted by Gasteiger charge is 2.15. The highest BCUT2D eigenvalue weighted by atomic mass is 16.5.